The molecule has 1 aromatic rings. The second-order valence-electron chi connectivity index (χ2n) is 5.71. The van der Waals surface area contributed by atoms with Crippen LogP contribution in [0.2, 0.25) is 10.0 Å². The van der Waals surface area contributed by atoms with Gasteiger partial charge in [-0.1, -0.05) is 29.3 Å². The molecule has 4 heteroatoms. The van der Waals surface area contributed by atoms with Gasteiger partial charge in [-0.2, -0.15) is 0 Å². The van der Waals surface area contributed by atoms with Crippen LogP contribution in [-0.2, 0) is 6.54 Å². The standard InChI is InChI=1S/C15H20Cl2N2/c1-11-15-3-2-6-18(15)7-8-19(11)10-12-4-5-13(16)14(17)9-12/h4-5,9,11,15H,2-3,6-8,10H2,1H3/t11-,15-/m0/s1. The molecule has 2 saturated heterocycles. The van der Waals surface area contributed by atoms with Crippen molar-refractivity contribution in [3.63, 3.8) is 0 Å². The Morgan fingerprint density at radius 1 is 1.16 bits per heavy atom. The van der Waals surface area contributed by atoms with E-state index in [0.29, 0.717) is 16.1 Å². The molecular formula is C15H20Cl2N2. The van der Waals surface area contributed by atoms with E-state index in [2.05, 4.69) is 22.8 Å². The molecule has 3 rings (SSSR count). The van der Waals surface area contributed by atoms with Gasteiger partial charge in [0.2, 0.25) is 0 Å². The summed E-state index contributed by atoms with van der Waals surface area (Å²) in [5.74, 6) is 0. The van der Waals surface area contributed by atoms with Crippen LogP contribution in [0, 0.1) is 0 Å². The molecule has 0 saturated carbocycles. The fourth-order valence-corrected chi connectivity index (χ4v) is 3.80. The lowest BCUT2D eigenvalue weighted by Gasteiger charge is -2.43. The van der Waals surface area contributed by atoms with Crippen molar-refractivity contribution in [1.82, 2.24) is 9.80 Å². The first-order chi connectivity index (χ1) is 9.15. The van der Waals surface area contributed by atoms with E-state index in [9.17, 15) is 0 Å². The minimum Gasteiger partial charge on any atom is -0.298 e. The van der Waals surface area contributed by atoms with Gasteiger partial charge in [-0.3, -0.25) is 9.80 Å². The smallest absolute Gasteiger partial charge is 0.0595 e. The number of fused-ring (bicyclic) bond motifs is 1. The Morgan fingerprint density at radius 2 is 2.00 bits per heavy atom. The zero-order chi connectivity index (χ0) is 13.4. The molecule has 2 heterocycles. The van der Waals surface area contributed by atoms with Gasteiger partial charge in [0.1, 0.15) is 0 Å². The monoisotopic (exact) mass is 298 g/mol. The molecule has 0 N–H and O–H groups in total. The first-order valence-corrected chi connectivity index (χ1v) is 7.83. The SMILES string of the molecule is C[C@H]1[C@@H]2CCCN2CCN1Cc1ccc(Cl)c(Cl)c1. The molecular weight excluding hydrogens is 279 g/mol. The lowest BCUT2D eigenvalue weighted by molar-refractivity contribution is 0.0470. The third-order valence-corrected chi connectivity index (χ3v) is 5.33. The summed E-state index contributed by atoms with van der Waals surface area (Å²) in [4.78, 5) is 5.22. The van der Waals surface area contributed by atoms with Crippen molar-refractivity contribution in [2.45, 2.75) is 38.4 Å². The Labute approximate surface area is 125 Å². The average molecular weight is 299 g/mol. The number of hydrogen-bond donors (Lipinski definition) is 0. The first kappa shape index (κ1) is 13.7. The van der Waals surface area contributed by atoms with Crippen LogP contribution >= 0.6 is 23.2 Å². The average Bonchev–Trinajstić information content (AvgIpc) is 2.86. The lowest BCUT2D eigenvalue weighted by atomic mass is 10.0. The third-order valence-electron chi connectivity index (χ3n) is 4.59. The van der Waals surface area contributed by atoms with Gasteiger partial charge in [-0.15, -0.1) is 0 Å². The van der Waals surface area contributed by atoms with Gasteiger partial charge in [0.15, 0.2) is 0 Å². The summed E-state index contributed by atoms with van der Waals surface area (Å²) < 4.78 is 0. The van der Waals surface area contributed by atoms with Crippen molar-refractivity contribution in [2.75, 3.05) is 19.6 Å². The Morgan fingerprint density at radius 3 is 2.79 bits per heavy atom. The van der Waals surface area contributed by atoms with E-state index in [1.165, 1.54) is 31.5 Å². The summed E-state index contributed by atoms with van der Waals surface area (Å²) in [6.07, 6.45) is 2.70. The minimum absolute atomic E-state index is 0.630. The Kier molecular flexibility index (Phi) is 4.04. The fraction of sp³-hybridized carbons (Fsp3) is 0.600. The second kappa shape index (κ2) is 5.61. The lowest BCUT2D eigenvalue weighted by Crippen LogP contribution is -2.55. The zero-order valence-corrected chi connectivity index (χ0v) is 12.8. The summed E-state index contributed by atoms with van der Waals surface area (Å²) in [7, 11) is 0. The summed E-state index contributed by atoms with van der Waals surface area (Å²) in [5.41, 5.74) is 1.26. The van der Waals surface area contributed by atoms with Crippen LogP contribution in [0.25, 0.3) is 0 Å². The molecule has 0 aliphatic carbocycles. The molecule has 2 aliphatic heterocycles. The molecule has 0 aromatic heterocycles. The van der Waals surface area contributed by atoms with E-state index < -0.39 is 0 Å². The number of hydrogen-bond acceptors (Lipinski definition) is 2. The highest BCUT2D eigenvalue weighted by Crippen LogP contribution is 2.29. The van der Waals surface area contributed by atoms with Crippen LogP contribution in [0.15, 0.2) is 18.2 Å². The largest absolute Gasteiger partial charge is 0.298 e. The van der Waals surface area contributed by atoms with E-state index in [4.69, 9.17) is 23.2 Å². The van der Waals surface area contributed by atoms with Crippen molar-refractivity contribution >= 4 is 23.2 Å². The summed E-state index contributed by atoms with van der Waals surface area (Å²) in [5, 5.41) is 1.30. The van der Waals surface area contributed by atoms with Gasteiger partial charge < -0.3 is 0 Å². The molecule has 0 spiro atoms. The van der Waals surface area contributed by atoms with Gasteiger partial charge in [0.25, 0.3) is 0 Å². The number of nitrogens with zero attached hydrogens (tertiary/aromatic N) is 2. The molecule has 2 aliphatic rings. The molecule has 19 heavy (non-hydrogen) atoms. The van der Waals surface area contributed by atoms with Crippen LogP contribution in [0.5, 0.6) is 0 Å². The number of rotatable bonds is 2. The normalized spacial score (nSPS) is 28.6. The molecule has 0 radical (unpaired) electrons. The maximum Gasteiger partial charge on any atom is 0.0595 e. The maximum atomic E-state index is 6.10. The van der Waals surface area contributed by atoms with Gasteiger partial charge in [0.05, 0.1) is 10.0 Å². The predicted octanol–water partition coefficient (Wildman–Crippen LogP) is 3.66. The highest BCUT2D eigenvalue weighted by atomic mass is 35.5. The molecule has 0 bridgehead atoms. The highest BCUT2D eigenvalue weighted by molar-refractivity contribution is 6.42. The van der Waals surface area contributed by atoms with Gasteiger partial charge in [-0.25, -0.2) is 0 Å². The van der Waals surface area contributed by atoms with Crippen molar-refractivity contribution < 1.29 is 0 Å². The van der Waals surface area contributed by atoms with E-state index >= 15 is 0 Å². The predicted molar refractivity (Wildman–Crippen MR) is 80.9 cm³/mol. The number of halogens is 2. The molecule has 2 nitrogen and oxygen atoms in total. The van der Waals surface area contributed by atoms with Gasteiger partial charge >= 0.3 is 0 Å². The molecule has 104 valence electrons. The molecule has 0 unspecified atom stereocenters. The van der Waals surface area contributed by atoms with Crippen molar-refractivity contribution in [1.29, 1.82) is 0 Å². The summed E-state index contributed by atoms with van der Waals surface area (Å²) in [6.45, 7) is 6.98. The summed E-state index contributed by atoms with van der Waals surface area (Å²) in [6, 6.07) is 7.36. The van der Waals surface area contributed by atoms with Crippen LogP contribution in [0.4, 0.5) is 0 Å². The minimum atomic E-state index is 0.630. The van der Waals surface area contributed by atoms with Gasteiger partial charge in [-0.05, 0) is 44.0 Å². The molecule has 2 atom stereocenters. The fourth-order valence-electron chi connectivity index (χ4n) is 3.48. The van der Waals surface area contributed by atoms with Crippen LogP contribution < -0.4 is 0 Å². The zero-order valence-electron chi connectivity index (χ0n) is 11.3. The van der Waals surface area contributed by atoms with Crippen LogP contribution in [0.1, 0.15) is 25.3 Å². The highest BCUT2D eigenvalue weighted by Gasteiger charge is 2.36. The Hall–Kier alpha value is -0.280. The van der Waals surface area contributed by atoms with Crippen molar-refractivity contribution in [2.24, 2.45) is 0 Å². The topological polar surface area (TPSA) is 6.48 Å². The molecule has 0 amide bonds. The second-order valence-corrected chi connectivity index (χ2v) is 6.52. The number of benzene rings is 1. The molecule has 2 fully saturated rings. The number of piperazine rings is 1. The Balaban J connectivity index is 1.70. The third kappa shape index (κ3) is 2.78. The van der Waals surface area contributed by atoms with Crippen molar-refractivity contribution in [3.05, 3.63) is 33.8 Å². The summed E-state index contributed by atoms with van der Waals surface area (Å²) >= 11 is 12.1. The van der Waals surface area contributed by atoms with E-state index in [1.54, 1.807) is 0 Å². The van der Waals surface area contributed by atoms with E-state index in [0.717, 1.165) is 19.1 Å². The molecule has 1 aromatic carbocycles. The maximum absolute atomic E-state index is 6.10. The van der Waals surface area contributed by atoms with E-state index in [-0.39, 0.29) is 0 Å². The van der Waals surface area contributed by atoms with E-state index in [1.807, 2.05) is 12.1 Å². The van der Waals surface area contributed by atoms with Crippen LogP contribution in [-0.4, -0.2) is 41.5 Å². The van der Waals surface area contributed by atoms with Gasteiger partial charge in [0, 0.05) is 31.7 Å². The Bertz CT molecular complexity index is 463. The van der Waals surface area contributed by atoms with Crippen LogP contribution in [0.3, 0.4) is 0 Å². The quantitative estimate of drug-likeness (QED) is 0.822. The van der Waals surface area contributed by atoms with Crippen molar-refractivity contribution in [3.8, 4) is 0 Å². The first-order valence-electron chi connectivity index (χ1n) is 7.07.